The van der Waals surface area contributed by atoms with Crippen molar-refractivity contribution in [2.45, 2.75) is 26.7 Å². The number of anilines is 2. The number of hydrogen-bond donors (Lipinski definition) is 2. The molecule has 4 heteroatoms. The van der Waals surface area contributed by atoms with E-state index < -0.39 is 0 Å². The molecule has 0 aromatic carbocycles. The van der Waals surface area contributed by atoms with Gasteiger partial charge in [-0.05, 0) is 25.2 Å². The predicted octanol–water partition coefficient (Wildman–Crippen LogP) is 2.12. The second-order valence-electron chi connectivity index (χ2n) is 4.48. The maximum Gasteiger partial charge on any atom is 0.146 e. The van der Waals surface area contributed by atoms with Gasteiger partial charge in [-0.1, -0.05) is 6.92 Å². The fourth-order valence-corrected chi connectivity index (χ4v) is 1.41. The van der Waals surface area contributed by atoms with E-state index in [1.54, 1.807) is 12.4 Å². The largest absolute Gasteiger partial charge is 0.369 e. The van der Waals surface area contributed by atoms with Crippen LogP contribution in [0.2, 0.25) is 0 Å². The Labute approximate surface area is 90.5 Å². The van der Waals surface area contributed by atoms with E-state index in [0.717, 1.165) is 24.7 Å². The zero-order valence-corrected chi connectivity index (χ0v) is 9.38. The van der Waals surface area contributed by atoms with Gasteiger partial charge in [-0.2, -0.15) is 0 Å². The molecule has 2 rings (SSSR count). The Bertz CT molecular complexity index is 333. The smallest absolute Gasteiger partial charge is 0.146 e. The highest BCUT2D eigenvalue weighted by molar-refractivity contribution is 5.41. The molecule has 82 valence electrons. The van der Waals surface area contributed by atoms with Crippen molar-refractivity contribution in [1.82, 2.24) is 9.97 Å². The summed E-state index contributed by atoms with van der Waals surface area (Å²) < 4.78 is 0. The quantitative estimate of drug-likeness (QED) is 0.774. The molecule has 0 atom stereocenters. The second-order valence-corrected chi connectivity index (χ2v) is 4.48. The van der Waals surface area contributed by atoms with Gasteiger partial charge in [-0.25, -0.2) is 4.98 Å². The third-order valence-electron chi connectivity index (χ3n) is 2.79. The summed E-state index contributed by atoms with van der Waals surface area (Å²) in [4.78, 5) is 8.55. The van der Waals surface area contributed by atoms with Crippen LogP contribution in [0.15, 0.2) is 12.4 Å². The summed E-state index contributed by atoms with van der Waals surface area (Å²) in [5, 5.41) is 6.48. The molecule has 0 saturated heterocycles. The molecular weight excluding hydrogens is 188 g/mol. The molecule has 0 bridgehead atoms. The fourth-order valence-electron chi connectivity index (χ4n) is 1.41. The van der Waals surface area contributed by atoms with E-state index in [9.17, 15) is 0 Å². The lowest BCUT2D eigenvalue weighted by Gasteiger charge is -2.11. The average molecular weight is 206 g/mol. The van der Waals surface area contributed by atoms with Crippen LogP contribution >= 0.6 is 0 Å². The van der Waals surface area contributed by atoms with E-state index in [1.165, 1.54) is 12.8 Å². The Kier molecular flexibility index (Phi) is 2.75. The molecule has 1 heterocycles. The van der Waals surface area contributed by atoms with Crippen LogP contribution in [-0.2, 0) is 0 Å². The first-order chi connectivity index (χ1) is 7.22. The third kappa shape index (κ3) is 2.81. The number of nitrogens with one attached hydrogen (secondary N) is 2. The topological polar surface area (TPSA) is 49.8 Å². The standard InChI is InChI=1S/C11H18N4/c1-3-13-9-6-12-7-10(15-9)14-8-11(2)4-5-11/h6-7H,3-5,8H2,1-2H3,(H2,13,14,15). The van der Waals surface area contributed by atoms with Crippen molar-refractivity contribution in [3.63, 3.8) is 0 Å². The van der Waals surface area contributed by atoms with Crippen molar-refractivity contribution in [2.24, 2.45) is 5.41 Å². The maximum atomic E-state index is 4.41. The highest BCUT2D eigenvalue weighted by Crippen LogP contribution is 2.44. The van der Waals surface area contributed by atoms with Gasteiger partial charge in [0.15, 0.2) is 0 Å². The van der Waals surface area contributed by atoms with E-state index in [4.69, 9.17) is 0 Å². The van der Waals surface area contributed by atoms with Gasteiger partial charge in [0, 0.05) is 13.1 Å². The lowest BCUT2D eigenvalue weighted by Crippen LogP contribution is -2.13. The van der Waals surface area contributed by atoms with Gasteiger partial charge in [-0.15, -0.1) is 0 Å². The molecule has 1 aromatic heterocycles. The minimum absolute atomic E-state index is 0.496. The lowest BCUT2D eigenvalue weighted by atomic mass is 10.1. The summed E-state index contributed by atoms with van der Waals surface area (Å²) in [5.41, 5.74) is 0.496. The molecule has 0 radical (unpaired) electrons. The number of rotatable bonds is 5. The molecule has 1 aliphatic carbocycles. The molecule has 4 nitrogen and oxygen atoms in total. The van der Waals surface area contributed by atoms with Crippen molar-refractivity contribution in [3.05, 3.63) is 12.4 Å². The molecule has 1 aliphatic rings. The van der Waals surface area contributed by atoms with Crippen LogP contribution in [0.3, 0.4) is 0 Å². The Hall–Kier alpha value is -1.32. The highest BCUT2D eigenvalue weighted by atomic mass is 15.1. The number of aromatic nitrogens is 2. The van der Waals surface area contributed by atoms with Gasteiger partial charge in [-0.3, -0.25) is 4.98 Å². The Morgan fingerprint density at radius 2 is 1.93 bits per heavy atom. The first-order valence-corrected chi connectivity index (χ1v) is 5.52. The van der Waals surface area contributed by atoms with Crippen LogP contribution in [0.1, 0.15) is 26.7 Å². The Balaban J connectivity index is 1.92. The van der Waals surface area contributed by atoms with Gasteiger partial charge in [0.25, 0.3) is 0 Å². The fraction of sp³-hybridized carbons (Fsp3) is 0.636. The van der Waals surface area contributed by atoms with Crippen molar-refractivity contribution >= 4 is 11.6 Å². The van der Waals surface area contributed by atoms with Crippen molar-refractivity contribution in [3.8, 4) is 0 Å². The molecule has 0 amide bonds. The minimum Gasteiger partial charge on any atom is -0.369 e. The molecular formula is C11H18N4. The van der Waals surface area contributed by atoms with E-state index in [-0.39, 0.29) is 0 Å². The summed E-state index contributed by atoms with van der Waals surface area (Å²) in [5.74, 6) is 1.70. The summed E-state index contributed by atoms with van der Waals surface area (Å²) in [6.45, 7) is 6.21. The van der Waals surface area contributed by atoms with E-state index in [0.29, 0.717) is 5.41 Å². The average Bonchev–Trinajstić information content (AvgIpc) is 2.96. The second kappa shape index (κ2) is 4.04. The van der Waals surface area contributed by atoms with E-state index in [2.05, 4.69) is 27.5 Å². The van der Waals surface area contributed by atoms with Crippen LogP contribution in [0, 0.1) is 5.41 Å². The summed E-state index contributed by atoms with van der Waals surface area (Å²) in [6, 6.07) is 0. The predicted molar refractivity (Wildman–Crippen MR) is 62.0 cm³/mol. The SMILES string of the molecule is CCNc1cncc(NCC2(C)CC2)n1. The van der Waals surface area contributed by atoms with Crippen LogP contribution in [0.25, 0.3) is 0 Å². The van der Waals surface area contributed by atoms with E-state index in [1.807, 2.05) is 6.92 Å². The zero-order valence-electron chi connectivity index (χ0n) is 9.38. The van der Waals surface area contributed by atoms with Crippen LogP contribution in [-0.4, -0.2) is 23.1 Å². The molecule has 1 fully saturated rings. The molecule has 0 unspecified atom stereocenters. The van der Waals surface area contributed by atoms with Gasteiger partial charge in [0.05, 0.1) is 12.4 Å². The highest BCUT2D eigenvalue weighted by Gasteiger charge is 2.36. The minimum atomic E-state index is 0.496. The van der Waals surface area contributed by atoms with E-state index >= 15 is 0 Å². The van der Waals surface area contributed by atoms with Crippen molar-refractivity contribution in [1.29, 1.82) is 0 Å². The van der Waals surface area contributed by atoms with Gasteiger partial charge in [0.1, 0.15) is 11.6 Å². The molecule has 0 spiro atoms. The Morgan fingerprint density at radius 1 is 1.27 bits per heavy atom. The molecule has 0 aliphatic heterocycles. The maximum absolute atomic E-state index is 4.41. The lowest BCUT2D eigenvalue weighted by molar-refractivity contribution is 0.609. The molecule has 1 saturated carbocycles. The molecule has 15 heavy (non-hydrogen) atoms. The van der Waals surface area contributed by atoms with Gasteiger partial charge < -0.3 is 10.6 Å². The van der Waals surface area contributed by atoms with Crippen LogP contribution in [0.5, 0.6) is 0 Å². The number of nitrogens with zero attached hydrogens (tertiary/aromatic N) is 2. The van der Waals surface area contributed by atoms with Crippen molar-refractivity contribution < 1.29 is 0 Å². The summed E-state index contributed by atoms with van der Waals surface area (Å²) >= 11 is 0. The molecule has 2 N–H and O–H groups in total. The van der Waals surface area contributed by atoms with Crippen LogP contribution in [0.4, 0.5) is 11.6 Å². The van der Waals surface area contributed by atoms with Gasteiger partial charge in [0.2, 0.25) is 0 Å². The van der Waals surface area contributed by atoms with Gasteiger partial charge >= 0.3 is 0 Å². The normalized spacial score (nSPS) is 17.2. The first-order valence-electron chi connectivity index (χ1n) is 5.52. The summed E-state index contributed by atoms with van der Waals surface area (Å²) in [6.07, 6.45) is 6.15. The van der Waals surface area contributed by atoms with Crippen molar-refractivity contribution in [2.75, 3.05) is 23.7 Å². The first kappa shape index (κ1) is 10.2. The number of hydrogen-bond acceptors (Lipinski definition) is 4. The Morgan fingerprint density at radius 3 is 2.53 bits per heavy atom. The zero-order chi connectivity index (χ0) is 10.7. The third-order valence-corrected chi connectivity index (χ3v) is 2.79. The monoisotopic (exact) mass is 206 g/mol. The van der Waals surface area contributed by atoms with Crippen LogP contribution < -0.4 is 10.6 Å². The summed E-state index contributed by atoms with van der Waals surface area (Å²) in [7, 11) is 0. The molecule has 1 aromatic rings.